The van der Waals surface area contributed by atoms with Gasteiger partial charge in [-0.1, -0.05) is 0 Å². The van der Waals surface area contributed by atoms with Gasteiger partial charge in [-0.05, 0) is 55.7 Å². The van der Waals surface area contributed by atoms with Gasteiger partial charge in [0.25, 0.3) is 5.91 Å². The largest absolute Gasteiger partial charge is 0.494 e. The fourth-order valence-corrected chi connectivity index (χ4v) is 5.86. The molecule has 13 heteroatoms. The van der Waals surface area contributed by atoms with Gasteiger partial charge in [-0.3, -0.25) is 15.1 Å². The molecule has 216 valence electrons. The maximum absolute atomic E-state index is 13.2. The lowest BCUT2D eigenvalue weighted by Gasteiger charge is -2.39. The minimum Gasteiger partial charge on any atom is -0.494 e. The second-order valence-corrected chi connectivity index (χ2v) is 10.8. The van der Waals surface area contributed by atoms with Crippen LogP contribution >= 0.6 is 11.8 Å². The summed E-state index contributed by atoms with van der Waals surface area (Å²) in [5.74, 6) is 8.26. The van der Waals surface area contributed by atoms with Crippen LogP contribution in [0.25, 0.3) is 0 Å². The van der Waals surface area contributed by atoms with Crippen LogP contribution in [0.1, 0.15) is 41.7 Å². The molecule has 1 saturated heterocycles. The number of rotatable bonds is 8. The predicted octanol–water partition coefficient (Wildman–Crippen LogP) is 4.03. The molecule has 1 aliphatic carbocycles. The van der Waals surface area contributed by atoms with E-state index in [0.717, 1.165) is 43.5 Å². The van der Waals surface area contributed by atoms with Gasteiger partial charge in [0.1, 0.15) is 23.8 Å². The van der Waals surface area contributed by atoms with E-state index < -0.39 is 12.7 Å². The topological polar surface area (TPSA) is 95.8 Å². The van der Waals surface area contributed by atoms with Crippen molar-refractivity contribution in [1.29, 1.82) is 0 Å². The zero-order valence-corrected chi connectivity index (χ0v) is 23.4. The van der Waals surface area contributed by atoms with Crippen LogP contribution in [0.2, 0.25) is 0 Å². The first-order chi connectivity index (χ1) is 19.3. The van der Waals surface area contributed by atoms with Crippen LogP contribution in [0.4, 0.5) is 24.7 Å². The Morgan fingerprint density at radius 3 is 2.65 bits per heavy atom. The van der Waals surface area contributed by atoms with Crippen molar-refractivity contribution in [2.75, 3.05) is 49.5 Å². The molecule has 0 bridgehead atoms. The van der Waals surface area contributed by atoms with Gasteiger partial charge >= 0.3 is 6.18 Å². The Bertz CT molecular complexity index is 1240. The summed E-state index contributed by atoms with van der Waals surface area (Å²) in [6.07, 6.45) is 0.740. The maximum atomic E-state index is 13.2. The van der Waals surface area contributed by atoms with E-state index >= 15 is 0 Å². The van der Waals surface area contributed by atoms with E-state index in [1.165, 1.54) is 31.9 Å². The molecule has 2 fully saturated rings. The minimum absolute atomic E-state index is 0.0930. The van der Waals surface area contributed by atoms with E-state index in [-0.39, 0.29) is 17.6 Å². The van der Waals surface area contributed by atoms with Gasteiger partial charge in [-0.25, -0.2) is 4.68 Å². The fourth-order valence-electron chi connectivity index (χ4n) is 4.93. The van der Waals surface area contributed by atoms with Gasteiger partial charge in [-0.2, -0.15) is 35.1 Å². The molecule has 40 heavy (non-hydrogen) atoms. The second kappa shape index (κ2) is 13.8. The number of carbonyl (C=O) groups is 1. The summed E-state index contributed by atoms with van der Waals surface area (Å²) < 4.78 is 45.9. The van der Waals surface area contributed by atoms with Crippen LogP contribution in [-0.4, -0.2) is 83.8 Å². The third kappa shape index (κ3) is 8.32. The number of hydrogen-bond donors (Lipinski definition) is 3. The average molecular weight is 578 g/mol. The van der Waals surface area contributed by atoms with E-state index in [9.17, 15) is 18.0 Å². The van der Waals surface area contributed by atoms with Crippen molar-refractivity contribution < 1.29 is 22.7 Å². The lowest BCUT2D eigenvalue weighted by atomic mass is 9.90. The summed E-state index contributed by atoms with van der Waals surface area (Å²) in [5.41, 5.74) is 3.94. The van der Waals surface area contributed by atoms with Crippen LogP contribution in [0.15, 0.2) is 29.4 Å². The molecule has 3 N–H and O–H groups in total. The maximum Gasteiger partial charge on any atom is 0.408 e. The van der Waals surface area contributed by atoms with Crippen molar-refractivity contribution in [3.63, 3.8) is 0 Å². The predicted molar refractivity (Wildman–Crippen MR) is 152 cm³/mol. The van der Waals surface area contributed by atoms with Gasteiger partial charge in [0, 0.05) is 55.4 Å². The molecule has 2 aromatic rings. The molecule has 9 nitrogen and oxygen atoms in total. The van der Waals surface area contributed by atoms with E-state index in [2.05, 4.69) is 43.0 Å². The second-order valence-electron chi connectivity index (χ2n) is 9.62. The summed E-state index contributed by atoms with van der Waals surface area (Å²) in [7, 11) is 3.01. The lowest BCUT2D eigenvalue weighted by molar-refractivity contribution is -0.142. The Labute approximate surface area is 236 Å². The van der Waals surface area contributed by atoms with Gasteiger partial charge < -0.3 is 15.4 Å². The Morgan fingerprint density at radius 1 is 1.23 bits per heavy atom. The van der Waals surface area contributed by atoms with Crippen molar-refractivity contribution >= 4 is 35.4 Å². The molecule has 1 aliphatic heterocycles. The number of aromatic nitrogens is 2. The van der Waals surface area contributed by atoms with Crippen molar-refractivity contribution in [2.24, 2.45) is 5.10 Å². The van der Waals surface area contributed by atoms with Crippen molar-refractivity contribution in [3.8, 4) is 17.6 Å². The third-order valence-corrected chi connectivity index (χ3v) is 7.87. The van der Waals surface area contributed by atoms with Crippen LogP contribution in [0.3, 0.4) is 0 Å². The Balaban J connectivity index is 1.38. The number of nitrogens with one attached hydrogen (secondary N) is 3. The highest BCUT2D eigenvalue weighted by molar-refractivity contribution is 7.99. The van der Waals surface area contributed by atoms with Gasteiger partial charge in [0.2, 0.25) is 0 Å². The average Bonchev–Trinajstić information content (AvgIpc) is 3.32. The number of nitrogens with zero attached hydrogens (tertiary/aromatic N) is 4. The fraction of sp³-hybridized carbons (Fsp3) is 0.519. The summed E-state index contributed by atoms with van der Waals surface area (Å²) in [4.78, 5) is 14.4. The molecule has 2 aliphatic rings. The molecule has 1 amide bonds. The summed E-state index contributed by atoms with van der Waals surface area (Å²) in [5, 5.41) is 13.9. The lowest BCUT2D eigenvalue weighted by Crippen LogP contribution is -2.44. The standard InChI is InChI=1S/C27H34F3N7O2S/c1-31-26(38)19-5-10-23(24(16-19)39-2)34-32-11-3-4-21-17-25(37(35-21)18-27(28,29)30)33-20-6-8-22(9-7-20)36-12-14-40-15-13-36/h5,10-11,16-17,20,22,33-34H,6-9,12-15,18H2,1-2H3,(H,31,38)/b32-11+. The minimum atomic E-state index is -4.41. The normalized spacial score (nSPS) is 20.0. The number of hydrogen-bond acceptors (Lipinski definition) is 8. The SMILES string of the molecule is CNC(=O)c1ccc(N/N=C/C#Cc2cc(NC3CCC(N4CCSCC4)CC3)n(CC(F)(F)F)n2)c(OC)c1. The number of alkyl halides is 3. The van der Waals surface area contributed by atoms with E-state index in [0.29, 0.717) is 28.9 Å². The smallest absolute Gasteiger partial charge is 0.408 e. The third-order valence-electron chi connectivity index (χ3n) is 6.92. The zero-order chi connectivity index (χ0) is 28.5. The Kier molecular flexibility index (Phi) is 10.2. The van der Waals surface area contributed by atoms with Crippen LogP contribution in [-0.2, 0) is 6.54 Å². The van der Waals surface area contributed by atoms with Gasteiger partial charge in [-0.15, -0.1) is 0 Å². The molecular formula is C27H34F3N7O2S. The number of methoxy groups -OCH3 is 1. The molecule has 0 atom stereocenters. The van der Waals surface area contributed by atoms with E-state index in [4.69, 9.17) is 4.74 Å². The number of hydrazone groups is 1. The quantitative estimate of drug-likeness (QED) is 0.248. The molecule has 1 aromatic heterocycles. The molecule has 1 saturated carbocycles. The molecule has 0 radical (unpaired) electrons. The number of thioether (sulfide) groups is 1. The summed E-state index contributed by atoms with van der Waals surface area (Å²) in [6, 6.07) is 7.03. The highest BCUT2D eigenvalue weighted by Gasteiger charge is 2.31. The zero-order valence-electron chi connectivity index (χ0n) is 22.6. The molecule has 2 heterocycles. The van der Waals surface area contributed by atoms with Gasteiger partial charge in [0.05, 0.1) is 19.0 Å². The van der Waals surface area contributed by atoms with Crippen LogP contribution in [0.5, 0.6) is 5.75 Å². The monoisotopic (exact) mass is 577 g/mol. The number of ether oxygens (including phenoxy) is 1. The first kappa shape index (κ1) is 29.6. The Hall–Kier alpha value is -3.37. The Morgan fingerprint density at radius 2 is 1.98 bits per heavy atom. The van der Waals surface area contributed by atoms with Crippen molar-refractivity contribution in [2.45, 2.75) is 50.5 Å². The highest BCUT2D eigenvalue weighted by Crippen LogP contribution is 2.29. The first-order valence-electron chi connectivity index (χ1n) is 13.2. The van der Waals surface area contributed by atoms with Crippen molar-refractivity contribution in [3.05, 3.63) is 35.5 Å². The number of benzene rings is 1. The van der Waals surface area contributed by atoms with Crippen molar-refractivity contribution in [1.82, 2.24) is 20.0 Å². The number of halogens is 3. The molecule has 4 rings (SSSR count). The van der Waals surface area contributed by atoms with Crippen LogP contribution in [0, 0.1) is 11.8 Å². The molecular weight excluding hydrogens is 543 g/mol. The highest BCUT2D eigenvalue weighted by atomic mass is 32.2. The molecule has 1 aromatic carbocycles. The summed E-state index contributed by atoms with van der Waals surface area (Å²) in [6.45, 7) is 1.04. The number of anilines is 2. The molecule has 0 spiro atoms. The molecule has 0 unspecified atom stereocenters. The van der Waals surface area contributed by atoms with E-state index in [1.807, 2.05) is 11.8 Å². The first-order valence-corrected chi connectivity index (χ1v) is 14.3. The van der Waals surface area contributed by atoms with E-state index in [1.54, 1.807) is 24.3 Å². The van der Waals surface area contributed by atoms with Crippen LogP contribution < -0.4 is 20.8 Å². The van der Waals surface area contributed by atoms with Gasteiger partial charge in [0.15, 0.2) is 0 Å². The summed E-state index contributed by atoms with van der Waals surface area (Å²) >= 11 is 1.99. The number of carbonyl (C=O) groups excluding carboxylic acids is 1. The number of amides is 1.